The monoisotopic (exact) mass is 578 g/mol. The molecule has 0 spiro atoms. The summed E-state index contributed by atoms with van der Waals surface area (Å²) in [6, 6.07) is 57.0. The van der Waals surface area contributed by atoms with Gasteiger partial charge in [-0.15, -0.1) is 12.6 Å². The molecular formula is C43H30S. The quantitative estimate of drug-likeness (QED) is 0.156. The van der Waals surface area contributed by atoms with Gasteiger partial charge in [0.15, 0.2) is 0 Å². The second-order valence-corrected chi connectivity index (χ2v) is 11.9. The number of benzene rings is 8. The van der Waals surface area contributed by atoms with Crippen molar-refractivity contribution in [1.82, 2.24) is 0 Å². The lowest BCUT2D eigenvalue weighted by atomic mass is 9.89. The molecule has 0 aromatic heterocycles. The molecule has 0 amide bonds. The van der Waals surface area contributed by atoms with Crippen LogP contribution < -0.4 is 0 Å². The first-order valence-corrected chi connectivity index (χ1v) is 15.5. The molecule has 8 aromatic rings. The predicted octanol–water partition coefficient (Wildman–Crippen LogP) is 12.4. The summed E-state index contributed by atoms with van der Waals surface area (Å²) in [5.41, 5.74) is 10.8. The number of thiol groups is 1. The smallest absolute Gasteiger partial charge is 0.0197 e. The molecule has 0 N–H and O–H groups in total. The van der Waals surface area contributed by atoms with Gasteiger partial charge in [0.25, 0.3) is 0 Å². The van der Waals surface area contributed by atoms with Gasteiger partial charge in [-0.05, 0) is 101 Å². The third-order valence-corrected chi connectivity index (χ3v) is 9.48. The molecule has 0 bridgehead atoms. The second-order valence-electron chi connectivity index (χ2n) is 11.5. The average molecular weight is 579 g/mol. The summed E-state index contributed by atoms with van der Waals surface area (Å²) in [5, 5.41) is 7.79. The lowest BCUT2D eigenvalue weighted by Gasteiger charge is -2.16. The number of hydrogen-bond donors (Lipinski definition) is 1. The Morgan fingerprint density at radius 2 is 0.795 bits per heavy atom. The van der Waals surface area contributed by atoms with Gasteiger partial charge in [-0.2, -0.15) is 0 Å². The third kappa shape index (κ3) is 4.40. The highest BCUT2D eigenvalue weighted by atomic mass is 32.1. The fourth-order valence-electron chi connectivity index (χ4n) is 6.81. The van der Waals surface area contributed by atoms with Crippen LogP contribution >= 0.6 is 12.6 Å². The van der Waals surface area contributed by atoms with Crippen LogP contribution in [0.3, 0.4) is 0 Å². The molecule has 0 atom stereocenters. The van der Waals surface area contributed by atoms with Gasteiger partial charge >= 0.3 is 0 Å². The minimum Gasteiger partial charge on any atom is -0.142 e. The number of hydrogen-bond acceptors (Lipinski definition) is 1. The fraction of sp³-hybridized carbons (Fsp3) is 0.0233. The first-order chi connectivity index (χ1) is 21.7. The molecule has 0 aliphatic heterocycles. The summed E-state index contributed by atoms with van der Waals surface area (Å²) in [4.78, 5) is 1.00. The molecule has 0 aliphatic rings. The maximum atomic E-state index is 5.04. The van der Waals surface area contributed by atoms with E-state index in [9.17, 15) is 0 Å². The minimum atomic E-state index is 1.00. The highest BCUT2D eigenvalue weighted by Crippen LogP contribution is 2.41. The molecule has 0 saturated carbocycles. The number of fused-ring (bicyclic) bond motifs is 6. The minimum absolute atomic E-state index is 1.00. The van der Waals surface area contributed by atoms with E-state index >= 15 is 0 Å². The molecule has 0 unspecified atom stereocenters. The van der Waals surface area contributed by atoms with E-state index in [0.29, 0.717) is 0 Å². The zero-order valence-corrected chi connectivity index (χ0v) is 25.4. The Bertz CT molecular complexity index is 2310. The fourth-order valence-corrected chi connectivity index (χ4v) is 7.20. The van der Waals surface area contributed by atoms with Gasteiger partial charge in [0, 0.05) is 4.90 Å². The molecule has 1 heteroatoms. The summed E-state index contributed by atoms with van der Waals surface area (Å²) in [6.07, 6.45) is 0. The van der Waals surface area contributed by atoms with E-state index in [1.807, 2.05) is 0 Å². The Morgan fingerprint density at radius 3 is 1.50 bits per heavy atom. The zero-order chi connectivity index (χ0) is 29.6. The lowest BCUT2D eigenvalue weighted by molar-refractivity contribution is 1.39. The van der Waals surface area contributed by atoms with Crippen molar-refractivity contribution in [3.05, 3.63) is 163 Å². The van der Waals surface area contributed by atoms with Gasteiger partial charge in [0.05, 0.1) is 0 Å². The molecule has 0 saturated heterocycles. The van der Waals surface area contributed by atoms with Crippen molar-refractivity contribution >= 4 is 44.9 Å². The summed E-state index contributed by atoms with van der Waals surface area (Å²) < 4.78 is 0. The van der Waals surface area contributed by atoms with Crippen molar-refractivity contribution in [3.8, 4) is 44.5 Å². The van der Waals surface area contributed by atoms with Gasteiger partial charge < -0.3 is 0 Å². The topological polar surface area (TPSA) is 0 Å². The third-order valence-electron chi connectivity index (χ3n) is 9.00. The number of rotatable bonds is 4. The molecular weight excluding hydrogens is 549 g/mol. The van der Waals surface area contributed by atoms with E-state index in [1.54, 1.807) is 0 Å². The van der Waals surface area contributed by atoms with E-state index < -0.39 is 0 Å². The van der Waals surface area contributed by atoms with Crippen molar-refractivity contribution in [2.75, 3.05) is 0 Å². The molecule has 208 valence electrons. The molecule has 0 nitrogen and oxygen atoms in total. The van der Waals surface area contributed by atoms with Gasteiger partial charge in [0.2, 0.25) is 0 Å². The van der Waals surface area contributed by atoms with Crippen molar-refractivity contribution in [2.45, 2.75) is 11.8 Å². The molecule has 44 heavy (non-hydrogen) atoms. The van der Waals surface area contributed by atoms with Crippen molar-refractivity contribution in [3.63, 3.8) is 0 Å². The Labute approximate surface area is 263 Å². The molecule has 8 aromatic carbocycles. The normalized spacial score (nSPS) is 11.4. The van der Waals surface area contributed by atoms with E-state index in [-0.39, 0.29) is 0 Å². The van der Waals surface area contributed by atoms with Crippen LogP contribution in [0.5, 0.6) is 0 Å². The van der Waals surface area contributed by atoms with Gasteiger partial charge in [-0.3, -0.25) is 0 Å². The van der Waals surface area contributed by atoms with Crippen molar-refractivity contribution in [1.29, 1.82) is 0 Å². The standard InChI is InChI=1S/C43H30S/c1-28-33(20-10-21-34(28)41-23-11-22-35(43(41)44)29-12-3-2-4-13-29)32-15-9-14-30(26-32)31-24-25-40-38-18-6-5-16-36(38)37-17-7-8-19-39(37)42(40)27-31/h2-27,44H,1H3. The Hall–Kier alpha value is -5.11. The van der Waals surface area contributed by atoms with Crippen molar-refractivity contribution < 1.29 is 0 Å². The SMILES string of the molecule is Cc1c(-c2cccc(-c3ccc4c5ccccc5c5ccccc5c4c3)c2)cccc1-c1cccc(-c2ccccc2)c1S. The van der Waals surface area contributed by atoms with Crippen LogP contribution in [0.25, 0.3) is 76.8 Å². The van der Waals surface area contributed by atoms with E-state index in [0.717, 1.165) is 16.0 Å². The van der Waals surface area contributed by atoms with Crippen LogP contribution in [-0.2, 0) is 0 Å². The van der Waals surface area contributed by atoms with E-state index in [1.165, 1.54) is 71.3 Å². The first kappa shape index (κ1) is 26.5. The highest BCUT2D eigenvalue weighted by Gasteiger charge is 2.14. The highest BCUT2D eigenvalue weighted by molar-refractivity contribution is 7.80. The average Bonchev–Trinajstić information content (AvgIpc) is 3.09. The van der Waals surface area contributed by atoms with Crippen LogP contribution in [0.1, 0.15) is 5.56 Å². The Balaban J connectivity index is 1.24. The summed E-state index contributed by atoms with van der Waals surface area (Å²) in [7, 11) is 0. The first-order valence-electron chi connectivity index (χ1n) is 15.1. The molecule has 0 radical (unpaired) electrons. The molecule has 8 rings (SSSR count). The predicted molar refractivity (Wildman–Crippen MR) is 193 cm³/mol. The summed E-state index contributed by atoms with van der Waals surface area (Å²) in [6.45, 7) is 2.23. The van der Waals surface area contributed by atoms with Gasteiger partial charge in [-0.1, -0.05) is 146 Å². The maximum absolute atomic E-state index is 5.04. The van der Waals surface area contributed by atoms with Gasteiger partial charge in [-0.25, -0.2) is 0 Å². The maximum Gasteiger partial charge on any atom is 0.0197 e. The van der Waals surface area contributed by atoms with Crippen LogP contribution in [-0.4, -0.2) is 0 Å². The summed E-state index contributed by atoms with van der Waals surface area (Å²) >= 11 is 5.04. The second kappa shape index (κ2) is 10.9. The largest absolute Gasteiger partial charge is 0.142 e. The van der Waals surface area contributed by atoms with Crippen molar-refractivity contribution in [2.24, 2.45) is 0 Å². The lowest BCUT2D eigenvalue weighted by Crippen LogP contribution is -1.92. The molecule has 0 heterocycles. The van der Waals surface area contributed by atoms with Gasteiger partial charge in [0.1, 0.15) is 0 Å². The van der Waals surface area contributed by atoms with E-state index in [4.69, 9.17) is 12.6 Å². The van der Waals surface area contributed by atoms with Crippen LogP contribution in [0.4, 0.5) is 0 Å². The molecule has 0 aliphatic carbocycles. The Kier molecular flexibility index (Phi) is 6.55. The Morgan fingerprint density at radius 1 is 0.318 bits per heavy atom. The van der Waals surface area contributed by atoms with Crippen LogP contribution in [0, 0.1) is 6.92 Å². The van der Waals surface area contributed by atoms with Crippen LogP contribution in [0.15, 0.2) is 163 Å². The summed E-state index contributed by atoms with van der Waals surface area (Å²) in [5.74, 6) is 0. The molecule has 0 fully saturated rings. The van der Waals surface area contributed by atoms with Crippen LogP contribution in [0.2, 0.25) is 0 Å². The zero-order valence-electron chi connectivity index (χ0n) is 24.5. The van der Waals surface area contributed by atoms with E-state index in [2.05, 4.69) is 165 Å².